The molecule has 1 aliphatic rings. The Balaban J connectivity index is 2.44. The number of phenolic OH excluding ortho intramolecular Hbond substituents is 1. The molecule has 3 nitrogen and oxygen atoms in total. The van der Waals surface area contributed by atoms with Crippen molar-refractivity contribution in [1.29, 1.82) is 0 Å². The van der Waals surface area contributed by atoms with Gasteiger partial charge >= 0.3 is 0 Å². The van der Waals surface area contributed by atoms with Gasteiger partial charge in [-0.15, -0.1) is 0 Å². The molecule has 0 aliphatic heterocycles. The van der Waals surface area contributed by atoms with Crippen molar-refractivity contribution >= 4 is 15.9 Å². The molecule has 1 aliphatic carbocycles. The van der Waals surface area contributed by atoms with Crippen LogP contribution in [-0.4, -0.2) is 22.9 Å². The van der Waals surface area contributed by atoms with E-state index in [9.17, 15) is 10.2 Å². The van der Waals surface area contributed by atoms with Crippen LogP contribution in [0, 0.1) is 6.92 Å². The average Bonchev–Trinajstić information content (AvgIpc) is 2.97. The molecule has 0 radical (unpaired) electrons. The maximum Gasteiger partial charge on any atom is 0.162 e. The van der Waals surface area contributed by atoms with Crippen LogP contribution in [0.2, 0.25) is 0 Å². The Labute approximate surface area is 103 Å². The molecule has 0 spiro atoms. The molecule has 4 heteroatoms. The minimum atomic E-state index is -0.626. The van der Waals surface area contributed by atoms with E-state index in [2.05, 4.69) is 15.9 Å². The summed E-state index contributed by atoms with van der Waals surface area (Å²) < 4.78 is 5.96. The number of hydrogen-bond donors (Lipinski definition) is 2. The summed E-state index contributed by atoms with van der Waals surface area (Å²) in [5.41, 5.74) is 1.10. The monoisotopic (exact) mass is 286 g/mol. The molecule has 1 fully saturated rings. The first-order chi connectivity index (χ1) is 7.47. The molecule has 0 unspecified atom stereocenters. The predicted octanol–water partition coefficient (Wildman–Crippen LogP) is 2.54. The third-order valence-electron chi connectivity index (χ3n) is 3.03. The van der Waals surface area contributed by atoms with Crippen molar-refractivity contribution in [3.63, 3.8) is 0 Å². The number of aliphatic hydroxyl groups is 1. The van der Waals surface area contributed by atoms with Crippen LogP contribution in [0.4, 0.5) is 0 Å². The second-order valence-corrected chi connectivity index (χ2v) is 5.23. The zero-order chi connectivity index (χ0) is 11.9. The van der Waals surface area contributed by atoms with E-state index in [1.165, 1.54) is 7.11 Å². The number of benzene rings is 1. The summed E-state index contributed by atoms with van der Waals surface area (Å²) in [6.45, 7) is 1.94. The van der Waals surface area contributed by atoms with E-state index < -0.39 is 5.60 Å². The number of rotatable bonds is 3. The Kier molecular flexibility index (Phi) is 2.88. The maximum absolute atomic E-state index is 10.0. The lowest BCUT2D eigenvalue weighted by atomic mass is 10.0. The summed E-state index contributed by atoms with van der Waals surface area (Å²) in [5, 5.41) is 19.9. The van der Waals surface area contributed by atoms with E-state index in [4.69, 9.17) is 4.74 Å². The minimum Gasteiger partial charge on any atom is -0.504 e. The van der Waals surface area contributed by atoms with E-state index in [0.29, 0.717) is 12.2 Å². The third-order valence-corrected chi connectivity index (χ3v) is 4.13. The summed E-state index contributed by atoms with van der Waals surface area (Å²) in [4.78, 5) is 0. The van der Waals surface area contributed by atoms with Gasteiger partial charge in [-0.2, -0.15) is 0 Å². The molecular formula is C12H15BrO3. The number of phenols is 1. The number of hydrogen-bond acceptors (Lipinski definition) is 3. The van der Waals surface area contributed by atoms with Gasteiger partial charge in [0.2, 0.25) is 0 Å². The number of methoxy groups -OCH3 is 1. The Morgan fingerprint density at radius 1 is 1.50 bits per heavy atom. The van der Waals surface area contributed by atoms with Crippen molar-refractivity contribution in [2.75, 3.05) is 7.11 Å². The van der Waals surface area contributed by atoms with Crippen molar-refractivity contribution < 1.29 is 14.9 Å². The molecule has 88 valence electrons. The zero-order valence-electron chi connectivity index (χ0n) is 9.38. The van der Waals surface area contributed by atoms with E-state index in [-0.39, 0.29) is 5.75 Å². The maximum atomic E-state index is 10.0. The first-order valence-electron chi connectivity index (χ1n) is 5.24. The van der Waals surface area contributed by atoms with E-state index >= 15 is 0 Å². The summed E-state index contributed by atoms with van der Waals surface area (Å²) in [7, 11) is 1.53. The van der Waals surface area contributed by atoms with Crippen LogP contribution in [0.3, 0.4) is 0 Å². The highest BCUT2D eigenvalue weighted by atomic mass is 79.9. The third kappa shape index (κ3) is 2.04. The Morgan fingerprint density at radius 2 is 2.12 bits per heavy atom. The zero-order valence-corrected chi connectivity index (χ0v) is 11.0. The summed E-state index contributed by atoms with van der Waals surface area (Å²) in [6.07, 6.45) is 2.07. The molecule has 0 atom stereocenters. The van der Waals surface area contributed by atoms with Crippen LogP contribution in [0.25, 0.3) is 0 Å². The predicted molar refractivity (Wildman–Crippen MR) is 65.0 cm³/mol. The molecule has 1 aromatic rings. The molecule has 2 rings (SSSR count). The number of ether oxygens (including phenoxy) is 1. The van der Waals surface area contributed by atoms with Gasteiger partial charge in [-0.25, -0.2) is 0 Å². The van der Waals surface area contributed by atoms with Crippen LogP contribution < -0.4 is 4.74 Å². The van der Waals surface area contributed by atoms with Crippen LogP contribution in [0.1, 0.15) is 24.0 Å². The lowest BCUT2D eigenvalue weighted by Gasteiger charge is -2.15. The summed E-state index contributed by atoms with van der Waals surface area (Å²) in [5.74, 6) is 0.584. The summed E-state index contributed by atoms with van der Waals surface area (Å²) >= 11 is 3.45. The molecule has 0 saturated heterocycles. The topological polar surface area (TPSA) is 49.7 Å². The van der Waals surface area contributed by atoms with Gasteiger partial charge < -0.3 is 14.9 Å². The van der Waals surface area contributed by atoms with Crippen LogP contribution >= 0.6 is 15.9 Å². The highest BCUT2D eigenvalue weighted by Crippen LogP contribution is 2.45. The SMILES string of the molecule is COc1cc(C)c(Br)c(CC2(O)CC2)c1O. The molecule has 0 amide bonds. The highest BCUT2D eigenvalue weighted by Gasteiger charge is 2.41. The Hall–Kier alpha value is -0.740. The van der Waals surface area contributed by atoms with Gasteiger partial charge in [0, 0.05) is 16.5 Å². The summed E-state index contributed by atoms with van der Waals surface area (Å²) in [6, 6.07) is 1.78. The molecule has 0 aromatic heterocycles. The van der Waals surface area contributed by atoms with Crippen molar-refractivity contribution in [3.05, 3.63) is 21.7 Å². The standard InChI is InChI=1S/C12H15BrO3/c1-7-5-9(16-2)11(14)8(10(7)13)6-12(15)3-4-12/h5,14-15H,3-4,6H2,1-2H3. The largest absolute Gasteiger partial charge is 0.504 e. The van der Waals surface area contributed by atoms with Gasteiger partial charge in [0.1, 0.15) is 0 Å². The van der Waals surface area contributed by atoms with Crippen molar-refractivity contribution in [3.8, 4) is 11.5 Å². The molecule has 1 aromatic carbocycles. The van der Waals surface area contributed by atoms with Gasteiger partial charge in [-0.05, 0) is 31.4 Å². The number of aryl methyl sites for hydroxylation is 1. The van der Waals surface area contributed by atoms with Crippen LogP contribution in [0.5, 0.6) is 11.5 Å². The number of aromatic hydroxyl groups is 1. The first-order valence-corrected chi connectivity index (χ1v) is 6.03. The fraction of sp³-hybridized carbons (Fsp3) is 0.500. The normalized spacial score (nSPS) is 17.2. The minimum absolute atomic E-state index is 0.125. The van der Waals surface area contributed by atoms with E-state index in [1.807, 2.05) is 6.92 Å². The molecule has 0 heterocycles. The van der Waals surface area contributed by atoms with Gasteiger partial charge in [0.05, 0.1) is 12.7 Å². The van der Waals surface area contributed by atoms with E-state index in [1.54, 1.807) is 6.07 Å². The van der Waals surface area contributed by atoms with Gasteiger partial charge in [0.25, 0.3) is 0 Å². The van der Waals surface area contributed by atoms with Crippen molar-refractivity contribution in [2.24, 2.45) is 0 Å². The molecular weight excluding hydrogens is 272 g/mol. The van der Waals surface area contributed by atoms with Crippen molar-refractivity contribution in [1.82, 2.24) is 0 Å². The molecule has 2 N–H and O–H groups in total. The second-order valence-electron chi connectivity index (χ2n) is 4.44. The number of halogens is 1. The Bertz CT molecular complexity index is 425. The lowest BCUT2D eigenvalue weighted by Crippen LogP contribution is -2.12. The van der Waals surface area contributed by atoms with E-state index in [0.717, 1.165) is 28.4 Å². The van der Waals surface area contributed by atoms with Gasteiger partial charge in [-0.3, -0.25) is 0 Å². The fourth-order valence-electron chi connectivity index (χ4n) is 1.79. The Morgan fingerprint density at radius 3 is 2.62 bits per heavy atom. The quantitative estimate of drug-likeness (QED) is 0.898. The lowest BCUT2D eigenvalue weighted by molar-refractivity contribution is 0.149. The van der Waals surface area contributed by atoms with Crippen LogP contribution in [-0.2, 0) is 6.42 Å². The second kappa shape index (κ2) is 3.93. The molecule has 0 bridgehead atoms. The smallest absolute Gasteiger partial charge is 0.162 e. The fourth-order valence-corrected chi connectivity index (χ4v) is 2.23. The molecule has 1 saturated carbocycles. The highest BCUT2D eigenvalue weighted by molar-refractivity contribution is 9.10. The van der Waals surface area contributed by atoms with Gasteiger partial charge in [0.15, 0.2) is 11.5 Å². The van der Waals surface area contributed by atoms with Crippen LogP contribution in [0.15, 0.2) is 10.5 Å². The first kappa shape index (κ1) is 11.7. The molecule has 16 heavy (non-hydrogen) atoms. The van der Waals surface area contributed by atoms with Crippen molar-refractivity contribution in [2.45, 2.75) is 31.8 Å². The van der Waals surface area contributed by atoms with Gasteiger partial charge in [-0.1, -0.05) is 15.9 Å². The average molecular weight is 287 g/mol.